The molecule has 4 unspecified atom stereocenters. The van der Waals surface area contributed by atoms with Crippen LogP contribution in [0.15, 0.2) is 54.9 Å². The molecule has 4 atom stereocenters. The molecule has 2 N–H and O–H groups in total. The third-order valence-corrected chi connectivity index (χ3v) is 5.06. The molecule has 24 heavy (non-hydrogen) atoms. The summed E-state index contributed by atoms with van der Waals surface area (Å²) >= 11 is 0. The van der Waals surface area contributed by atoms with Gasteiger partial charge in [-0.05, 0) is 23.6 Å². The molecule has 2 aliphatic rings. The number of likely N-dealkylation sites (tertiary alicyclic amines) is 1. The van der Waals surface area contributed by atoms with Crippen molar-refractivity contribution in [3.05, 3.63) is 66.0 Å². The number of aromatic nitrogens is 1. The Balaban J connectivity index is 1.76. The van der Waals surface area contributed by atoms with Gasteiger partial charge >= 0.3 is 0 Å². The molecule has 0 radical (unpaired) electrons. The Kier molecular flexibility index (Phi) is 4.04. The molecule has 1 amide bonds. The second kappa shape index (κ2) is 6.34. The van der Waals surface area contributed by atoms with Crippen molar-refractivity contribution in [2.75, 3.05) is 6.54 Å². The van der Waals surface area contributed by atoms with Crippen LogP contribution in [0.2, 0.25) is 0 Å². The van der Waals surface area contributed by atoms with Gasteiger partial charge in [-0.1, -0.05) is 43.3 Å². The van der Waals surface area contributed by atoms with Crippen LogP contribution in [0.1, 0.15) is 36.6 Å². The molecule has 0 bridgehead atoms. The first-order chi connectivity index (χ1) is 11.8. The van der Waals surface area contributed by atoms with E-state index < -0.39 is 0 Å². The lowest BCUT2D eigenvalue weighted by Crippen LogP contribution is -2.41. The Morgan fingerprint density at radius 1 is 1.04 bits per heavy atom. The average molecular weight is 322 g/mol. The average Bonchev–Trinajstić information content (AvgIpc) is 3.17. The molecule has 5 heteroatoms. The van der Waals surface area contributed by atoms with E-state index in [0.29, 0.717) is 0 Å². The second-order valence-corrected chi connectivity index (χ2v) is 6.49. The van der Waals surface area contributed by atoms with Gasteiger partial charge in [0.05, 0.1) is 12.1 Å². The fourth-order valence-electron chi connectivity index (χ4n) is 4.09. The van der Waals surface area contributed by atoms with Crippen molar-refractivity contribution >= 4 is 5.91 Å². The van der Waals surface area contributed by atoms with Crippen LogP contribution in [-0.2, 0) is 4.79 Å². The molecule has 0 saturated carbocycles. The second-order valence-electron chi connectivity index (χ2n) is 6.49. The van der Waals surface area contributed by atoms with Gasteiger partial charge in [-0.15, -0.1) is 0 Å². The number of carbonyl (C=O) groups is 1. The summed E-state index contributed by atoms with van der Waals surface area (Å²) in [6, 6.07) is 14.3. The smallest absolute Gasteiger partial charge is 0.242 e. The first-order valence-corrected chi connectivity index (χ1v) is 8.57. The van der Waals surface area contributed by atoms with E-state index in [1.807, 2.05) is 35.4 Å². The normalized spacial score (nSPS) is 29.0. The van der Waals surface area contributed by atoms with Gasteiger partial charge in [0, 0.05) is 24.9 Å². The summed E-state index contributed by atoms with van der Waals surface area (Å²) in [6.45, 7) is 2.89. The van der Waals surface area contributed by atoms with E-state index in [2.05, 4.69) is 41.0 Å². The highest BCUT2D eigenvalue weighted by Gasteiger charge is 2.55. The zero-order valence-corrected chi connectivity index (χ0v) is 13.7. The van der Waals surface area contributed by atoms with Gasteiger partial charge in [0.2, 0.25) is 5.91 Å². The molecule has 0 aliphatic carbocycles. The molecule has 5 nitrogen and oxygen atoms in total. The third kappa shape index (κ3) is 2.41. The lowest BCUT2D eigenvalue weighted by Gasteiger charge is -2.30. The SMILES string of the molecule is CCCN1C(=O)C2NNC(c3ccccc3)C2C1c1cccnc1. The summed E-state index contributed by atoms with van der Waals surface area (Å²) in [6.07, 6.45) is 4.62. The van der Waals surface area contributed by atoms with Crippen molar-refractivity contribution in [2.45, 2.75) is 31.5 Å². The standard InChI is InChI=1S/C19H22N4O/c1-2-11-23-18(14-9-6-10-20-12-14)15-16(13-7-4-3-5-8-13)21-22-17(15)19(23)24/h3-10,12,15-18,21-22H,2,11H2,1H3. The molecule has 2 aliphatic heterocycles. The first kappa shape index (κ1) is 15.3. The Hall–Kier alpha value is -2.24. The van der Waals surface area contributed by atoms with Crippen LogP contribution < -0.4 is 10.9 Å². The van der Waals surface area contributed by atoms with Gasteiger partial charge in [0.25, 0.3) is 0 Å². The van der Waals surface area contributed by atoms with E-state index in [1.165, 1.54) is 5.56 Å². The van der Waals surface area contributed by atoms with Gasteiger partial charge in [0.1, 0.15) is 6.04 Å². The van der Waals surface area contributed by atoms with Gasteiger partial charge in [0.15, 0.2) is 0 Å². The summed E-state index contributed by atoms with van der Waals surface area (Å²) in [5.74, 6) is 0.331. The van der Waals surface area contributed by atoms with Crippen molar-refractivity contribution in [3.8, 4) is 0 Å². The number of fused-ring (bicyclic) bond motifs is 1. The summed E-state index contributed by atoms with van der Waals surface area (Å²) in [7, 11) is 0. The van der Waals surface area contributed by atoms with E-state index >= 15 is 0 Å². The van der Waals surface area contributed by atoms with Crippen LogP contribution in [-0.4, -0.2) is 28.4 Å². The van der Waals surface area contributed by atoms with Crippen molar-refractivity contribution in [1.29, 1.82) is 0 Å². The maximum atomic E-state index is 12.9. The molecule has 1 aromatic carbocycles. The van der Waals surface area contributed by atoms with Crippen molar-refractivity contribution in [2.24, 2.45) is 5.92 Å². The molecule has 2 aromatic rings. The number of rotatable bonds is 4. The Bertz CT molecular complexity index is 706. The summed E-state index contributed by atoms with van der Waals surface area (Å²) in [5, 5.41) is 0. The van der Waals surface area contributed by atoms with Crippen LogP contribution in [0.3, 0.4) is 0 Å². The number of nitrogens with zero attached hydrogens (tertiary/aromatic N) is 2. The molecule has 4 rings (SSSR count). The molecule has 3 heterocycles. The van der Waals surface area contributed by atoms with Gasteiger partial charge < -0.3 is 4.90 Å². The molecule has 2 fully saturated rings. The number of hydrogen-bond donors (Lipinski definition) is 2. The maximum absolute atomic E-state index is 12.9. The van der Waals surface area contributed by atoms with E-state index in [-0.39, 0.29) is 30.0 Å². The van der Waals surface area contributed by atoms with Gasteiger partial charge in [-0.2, -0.15) is 0 Å². The molecule has 0 spiro atoms. The Morgan fingerprint density at radius 2 is 1.79 bits per heavy atom. The molecular weight excluding hydrogens is 300 g/mol. The Morgan fingerprint density at radius 3 is 2.50 bits per heavy atom. The molecule has 124 valence electrons. The van der Waals surface area contributed by atoms with Crippen molar-refractivity contribution < 1.29 is 4.79 Å². The number of benzene rings is 1. The van der Waals surface area contributed by atoms with E-state index in [4.69, 9.17) is 0 Å². The minimum absolute atomic E-state index is 0.0452. The monoisotopic (exact) mass is 322 g/mol. The number of amides is 1. The highest BCUT2D eigenvalue weighted by Crippen LogP contribution is 2.46. The number of pyridine rings is 1. The highest BCUT2D eigenvalue weighted by molar-refractivity contribution is 5.86. The molecule has 1 aromatic heterocycles. The van der Waals surface area contributed by atoms with Gasteiger partial charge in [-0.3, -0.25) is 9.78 Å². The van der Waals surface area contributed by atoms with E-state index in [1.54, 1.807) is 6.20 Å². The zero-order valence-electron chi connectivity index (χ0n) is 13.7. The van der Waals surface area contributed by atoms with Crippen molar-refractivity contribution in [3.63, 3.8) is 0 Å². The zero-order chi connectivity index (χ0) is 16.5. The topological polar surface area (TPSA) is 57.3 Å². The molecule has 2 saturated heterocycles. The quantitative estimate of drug-likeness (QED) is 0.906. The van der Waals surface area contributed by atoms with E-state index in [0.717, 1.165) is 18.5 Å². The first-order valence-electron chi connectivity index (χ1n) is 8.57. The minimum Gasteiger partial charge on any atom is -0.334 e. The summed E-state index contributed by atoms with van der Waals surface area (Å²) < 4.78 is 0. The van der Waals surface area contributed by atoms with Crippen LogP contribution in [0, 0.1) is 5.92 Å². The number of hydrazine groups is 1. The fourth-order valence-corrected chi connectivity index (χ4v) is 4.09. The summed E-state index contributed by atoms with van der Waals surface area (Å²) in [5.41, 5.74) is 8.91. The third-order valence-electron chi connectivity index (χ3n) is 5.06. The lowest BCUT2D eigenvalue weighted by atomic mass is 9.84. The predicted molar refractivity (Wildman–Crippen MR) is 91.7 cm³/mol. The number of nitrogens with one attached hydrogen (secondary N) is 2. The van der Waals surface area contributed by atoms with Crippen LogP contribution >= 0.6 is 0 Å². The molecular formula is C19H22N4O. The lowest BCUT2D eigenvalue weighted by molar-refractivity contribution is -0.130. The predicted octanol–water partition coefficient (Wildman–Crippen LogP) is 2.21. The minimum atomic E-state index is -0.188. The number of hydrogen-bond acceptors (Lipinski definition) is 4. The number of carbonyl (C=O) groups excluding carboxylic acids is 1. The fraction of sp³-hybridized carbons (Fsp3) is 0.368. The Labute approximate surface area is 142 Å². The van der Waals surface area contributed by atoms with Crippen LogP contribution in [0.5, 0.6) is 0 Å². The van der Waals surface area contributed by atoms with Crippen molar-refractivity contribution in [1.82, 2.24) is 20.7 Å². The van der Waals surface area contributed by atoms with Gasteiger partial charge in [-0.25, -0.2) is 10.9 Å². The summed E-state index contributed by atoms with van der Waals surface area (Å²) in [4.78, 5) is 19.2. The van der Waals surface area contributed by atoms with Crippen LogP contribution in [0.4, 0.5) is 0 Å². The van der Waals surface area contributed by atoms with Crippen LogP contribution in [0.25, 0.3) is 0 Å². The highest BCUT2D eigenvalue weighted by atomic mass is 16.2. The maximum Gasteiger partial charge on any atom is 0.242 e. The largest absolute Gasteiger partial charge is 0.334 e. The van der Waals surface area contributed by atoms with E-state index in [9.17, 15) is 4.79 Å².